The maximum Gasteiger partial charge on any atom is 0.330 e. The second kappa shape index (κ2) is 10.8. The molecule has 0 amide bonds. The molecule has 0 saturated heterocycles. The molecule has 0 radical (unpaired) electrons. The Bertz CT molecular complexity index is 707. The molecule has 0 bridgehead atoms. The molecule has 0 aliphatic heterocycles. The van der Waals surface area contributed by atoms with Crippen molar-refractivity contribution >= 4 is 11.7 Å². The first kappa shape index (κ1) is 20.3. The molecule has 3 heteroatoms. The van der Waals surface area contributed by atoms with Crippen molar-refractivity contribution in [2.45, 2.75) is 57.9 Å². The lowest BCUT2D eigenvalue weighted by Crippen LogP contribution is -2.27. The van der Waals surface area contributed by atoms with E-state index in [2.05, 4.69) is 24.3 Å². The van der Waals surface area contributed by atoms with Crippen LogP contribution in [0.15, 0.2) is 65.7 Å². The van der Waals surface area contributed by atoms with E-state index in [-0.39, 0.29) is 5.97 Å². The van der Waals surface area contributed by atoms with Crippen LogP contribution in [0.5, 0.6) is 0 Å². The Kier molecular flexibility index (Phi) is 7.83. The van der Waals surface area contributed by atoms with Gasteiger partial charge in [0, 0.05) is 11.1 Å². The molecule has 0 aromatic heterocycles. The Hall–Kier alpha value is -2.42. The molecule has 1 atom stereocenters. The zero-order valence-corrected chi connectivity index (χ0v) is 16.8. The van der Waals surface area contributed by atoms with Gasteiger partial charge in [-0.15, -0.1) is 0 Å². The minimum absolute atomic E-state index is 0.184. The number of aliphatic imine (C=N–C) groups is 1. The van der Waals surface area contributed by atoms with E-state index in [1.54, 1.807) is 0 Å². The first-order valence-electron chi connectivity index (χ1n) is 10.6. The maximum absolute atomic E-state index is 12.8. The number of carbonyl (C=O) groups is 1. The fraction of sp³-hybridized carbons (Fsp3) is 0.440. The molecule has 1 saturated carbocycles. The number of nitrogens with zero attached hydrogens (tertiary/aromatic N) is 1. The largest absolute Gasteiger partial charge is 0.464 e. The van der Waals surface area contributed by atoms with Gasteiger partial charge in [0.05, 0.1) is 12.3 Å². The number of hydrogen-bond acceptors (Lipinski definition) is 3. The van der Waals surface area contributed by atoms with E-state index in [0.717, 1.165) is 29.7 Å². The van der Waals surface area contributed by atoms with Crippen LogP contribution in [0.4, 0.5) is 0 Å². The van der Waals surface area contributed by atoms with Crippen LogP contribution in [0.1, 0.15) is 63.0 Å². The fourth-order valence-electron chi connectivity index (χ4n) is 3.90. The van der Waals surface area contributed by atoms with Crippen LogP contribution >= 0.6 is 0 Å². The van der Waals surface area contributed by atoms with Gasteiger partial charge in [0.1, 0.15) is 6.04 Å². The highest BCUT2D eigenvalue weighted by Gasteiger charge is 2.26. The fourth-order valence-corrected chi connectivity index (χ4v) is 3.90. The molecular formula is C25H31NO2. The zero-order valence-electron chi connectivity index (χ0n) is 16.8. The van der Waals surface area contributed by atoms with Gasteiger partial charge in [-0.2, -0.15) is 0 Å². The van der Waals surface area contributed by atoms with E-state index >= 15 is 0 Å². The molecule has 0 spiro atoms. The van der Waals surface area contributed by atoms with Crippen molar-refractivity contribution in [3.63, 3.8) is 0 Å². The van der Waals surface area contributed by atoms with Crippen LogP contribution < -0.4 is 0 Å². The summed E-state index contributed by atoms with van der Waals surface area (Å²) >= 11 is 0. The predicted octanol–water partition coefficient (Wildman–Crippen LogP) is 5.82. The van der Waals surface area contributed by atoms with Crippen LogP contribution in [0.3, 0.4) is 0 Å². The van der Waals surface area contributed by atoms with Gasteiger partial charge >= 0.3 is 5.97 Å². The molecule has 0 heterocycles. The Morgan fingerprint density at radius 1 is 0.964 bits per heavy atom. The van der Waals surface area contributed by atoms with Gasteiger partial charge in [-0.1, -0.05) is 99.7 Å². The minimum atomic E-state index is -0.440. The smallest absolute Gasteiger partial charge is 0.330 e. The van der Waals surface area contributed by atoms with Crippen molar-refractivity contribution in [1.82, 2.24) is 0 Å². The zero-order chi connectivity index (χ0) is 19.6. The lowest BCUT2D eigenvalue weighted by molar-refractivity contribution is -0.145. The molecule has 3 rings (SSSR count). The highest BCUT2D eigenvalue weighted by Crippen LogP contribution is 2.29. The van der Waals surface area contributed by atoms with Gasteiger partial charge < -0.3 is 4.74 Å². The van der Waals surface area contributed by atoms with E-state index in [1.165, 1.54) is 32.1 Å². The molecule has 148 valence electrons. The van der Waals surface area contributed by atoms with Gasteiger partial charge in [-0.3, -0.25) is 4.99 Å². The topological polar surface area (TPSA) is 38.7 Å². The highest BCUT2D eigenvalue weighted by molar-refractivity contribution is 6.13. The molecule has 1 unspecified atom stereocenters. The summed E-state index contributed by atoms with van der Waals surface area (Å²) in [5, 5.41) is 0. The summed E-state index contributed by atoms with van der Waals surface area (Å²) < 4.78 is 5.52. The second-order valence-corrected chi connectivity index (χ2v) is 7.63. The monoisotopic (exact) mass is 377 g/mol. The minimum Gasteiger partial charge on any atom is -0.464 e. The summed E-state index contributed by atoms with van der Waals surface area (Å²) in [5.41, 5.74) is 2.94. The van der Waals surface area contributed by atoms with E-state index in [4.69, 9.17) is 9.73 Å². The van der Waals surface area contributed by atoms with E-state index in [9.17, 15) is 4.79 Å². The molecule has 28 heavy (non-hydrogen) atoms. The lowest BCUT2D eigenvalue weighted by atomic mass is 9.85. The van der Waals surface area contributed by atoms with E-state index < -0.39 is 6.04 Å². The Labute approximate surface area is 168 Å². The van der Waals surface area contributed by atoms with E-state index in [0.29, 0.717) is 12.5 Å². The summed E-state index contributed by atoms with van der Waals surface area (Å²) in [6.07, 6.45) is 7.83. The molecule has 1 aliphatic carbocycles. The summed E-state index contributed by atoms with van der Waals surface area (Å²) in [4.78, 5) is 17.9. The van der Waals surface area contributed by atoms with Crippen LogP contribution in [0.2, 0.25) is 0 Å². The van der Waals surface area contributed by atoms with Crippen LogP contribution in [0.25, 0.3) is 0 Å². The third kappa shape index (κ3) is 5.79. The number of benzene rings is 2. The number of esters is 1. The van der Waals surface area contributed by atoms with Crippen molar-refractivity contribution in [1.29, 1.82) is 0 Å². The van der Waals surface area contributed by atoms with Crippen molar-refractivity contribution < 1.29 is 9.53 Å². The van der Waals surface area contributed by atoms with Gasteiger partial charge in [0.15, 0.2) is 0 Å². The van der Waals surface area contributed by atoms with Gasteiger partial charge in [0.2, 0.25) is 0 Å². The third-order valence-electron chi connectivity index (χ3n) is 5.38. The average molecular weight is 378 g/mol. The number of hydrogen-bond donors (Lipinski definition) is 0. The molecule has 1 fully saturated rings. The molecule has 2 aromatic carbocycles. The number of rotatable bonds is 8. The first-order valence-corrected chi connectivity index (χ1v) is 10.6. The van der Waals surface area contributed by atoms with Crippen molar-refractivity contribution in [3.05, 3.63) is 71.8 Å². The van der Waals surface area contributed by atoms with Crippen LogP contribution in [-0.4, -0.2) is 24.3 Å². The van der Waals surface area contributed by atoms with Crippen LogP contribution in [0, 0.1) is 5.92 Å². The Morgan fingerprint density at radius 3 is 2.07 bits per heavy atom. The maximum atomic E-state index is 12.8. The summed E-state index contributed by atoms with van der Waals surface area (Å²) in [5.74, 6) is 0.376. The van der Waals surface area contributed by atoms with Gasteiger partial charge in [-0.05, 0) is 18.8 Å². The normalized spacial score (nSPS) is 15.6. The second-order valence-electron chi connectivity index (χ2n) is 7.63. The van der Waals surface area contributed by atoms with Crippen LogP contribution in [-0.2, 0) is 9.53 Å². The van der Waals surface area contributed by atoms with Gasteiger partial charge in [0.25, 0.3) is 0 Å². The highest BCUT2D eigenvalue weighted by atomic mass is 16.5. The standard InChI is InChI=1S/C25H31NO2/c1-2-18-28-25(27)23(19-20-12-6-3-7-13-20)26-24(21-14-8-4-9-15-21)22-16-10-5-11-17-22/h4-5,8-11,14-17,20,23H,2-3,6-7,12-13,18-19H2,1H3. The first-order chi connectivity index (χ1) is 13.8. The lowest BCUT2D eigenvalue weighted by Gasteiger charge is -2.24. The Balaban J connectivity index is 1.93. The molecule has 1 aliphatic rings. The molecule has 2 aromatic rings. The van der Waals surface area contributed by atoms with E-state index in [1.807, 2.05) is 43.3 Å². The van der Waals surface area contributed by atoms with Gasteiger partial charge in [-0.25, -0.2) is 4.79 Å². The molecule has 3 nitrogen and oxygen atoms in total. The number of ether oxygens (including phenoxy) is 1. The van der Waals surface area contributed by atoms with Crippen molar-refractivity contribution in [2.24, 2.45) is 10.9 Å². The van der Waals surface area contributed by atoms with Crippen molar-refractivity contribution in [2.75, 3.05) is 6.61 Å². The number of carbonyl (C=O) groups excluding carboxylic acids is 1. The molecular weight excluding hydrogens is 346 g/mol. The van der Waals surface area contributed by atoms with Crippen molar-refractivity contribution in [3.8, 4) is 0 Å². The summed E-state index contributed by atoms with van der Waals surface area (Å²) in [6.45, 7) is 2.48. The SMILES string of the molecule is CCCOC(=O)C(CC1CCCCC1)N=C(c1ccccc1)c1ccccc1. The summed E-state index contributed by atoms with van der Waals surface area (Å²) in [6, 6.07) is 19.8. The third-order valence-corrected chi connectivity index (χ3v) is 5.38. The predicted molar refractivity (Wildman–Crippen MR) is 115 cm³/mol. The quantitative estimate of drug-likeness (QED) is 0.430. The Morgan fingerprint density at radius 2 is 1.54 bits per heavy atom. The average Bonchev–Trinajstić information content (AvgIpc) is 2.77. The summed E-state index contributed by atoms with van der Waals surface area (Å²) in [7, 11) is 0. The molecule has 0 N–H and O–H groups in total.